The van der Waals surface area contributed by atoms with E-state index in [1.165, 1.54) is 18.1 Å². The van der Waals surface area contributed by atoms with E-state index in [-0.39, 0.29) is 29.9 Å². The number of carbonyl (C=O) groups excluding carboxylic acids is 2. The summed E-state index contributed by atoms with van der Waals surface area (Å²) in [7, 11) is -1.64. The maximum Gasteiger partial charge on any atom is 0.258 e. The minimum Gasteiger partial charge on any atom is -0.496 e. The molecule has 7 nitrogen and oxygen atoms in total. The first-order chi connectivity index (χ1) is 11.8. The van der Waals surface area contributed by atoms with E-state index in [0.717, 1.165) is 0 Å². The number of nitrogens with zero attached hydrogens (tertiary/aromatic N) is 1. The van der Waals surface area contributed by atoms with E-state index in [9.17, 15) is 18.0 Å². The number of sulfone groups is 1. The van der Waals surface area contributed by atoms with Crippen LogP contribution in [-0.2, 0) is 14.6 Å². The summed E-state index contributed by atoms with van der Waals surface area (Å²) in [6, 6.07) is 4.27. The first-order valence-electron chi connectivity index (χ1n) is 7.88. The predicted molar refractivity (Wildman–Crippen MR) is 94.8 cm³/mol. The van der Waals surface area contributed by atoms with E-state index >= 15 is 0 Å². The van der Waals surface area contributed by atoms with Crippen LogP contribution in [0.3, 0.4) is 0 Å². The summed E-state index contributed by atoms with van der Waals surface area (Å²) in [4.78, 5) is 26.2. The molecule has 25 heavy (non-hydrogen) atoms. The number of hydrogen-bond donors (Lipinski definition) is 1. The number of amides is 2. The fraction of sp³-hybridized carbons (Fsp3) is 0.500. The van der Waals surface area contributed by atoms with Gasteiger partial charge in [-0.05, 0) is 31.5 Å². The highest BCUT2D eigenvalue weighted by Gasteiger charge is 2.29. The van der Waals surface area contributed by atoms with Crippen LogP contribution in [0.15, 0.2) is 18.2 Å². The number of rotatable bonds is 6. The van der Waals surface area contributed by atoms with Gasteiger partial charge in [-0.25, -0.2) is 8.42 Å². The van der Waals surface area contributed by atoms with Crippen LogP contribution in [0.5, 0.6) is 5.75 Å². The van der Waals surface area contributed by atoms with Gasteiger partial charge in [0.25, 0.3) is 5.91 Å². The molecule has 0 radical (unpaired) electrons. The molecule has 1 heterocycles. The molecule has 9 heteroatoms. The largest absolute Gasteiger partial charge is 0.496 e. The molecule has 0 aromatic heterocycles. The van der Waals surface area contributed by atoms with Gasteiger partial charge in [-0.15, -0.1) is 0 Å². The first-order valence-corrected chi connectivity index (χ1v) is 10.1. The second-order valence-corrected chi connectivity index (χ2v) is 8.50. The van der Waals surface area contributed by atoms with Crippen molar-refractivity contribution in [1.29, 1.82) is 0 Å². The molecule has 138 valence electrons. The smallest absolute Gasteiger partial charge is 0.258 e. The Bertz CT molecular complexity index is 766. The molecule has 1 aliphatic heterocycles. The topological polar surface area (TPSA) is 92.8 Å². The van der Waals surface area contributed by atoms with Gasteiger partial charge in [-0.2, -0.15) is 0 Å². The van der Waals surface area contributed by atoms with Gasteiger partial charge >= 0.3 is 0 Å². The van der Waals surface area contributed by atoms with Crippen LogP contribution < -0.4 is 10.1 Å². The van der Waals surface area contributed by atoms with Crippen LogP contribution in [0, 0.1) is 0 Å². The number of hydrogen-bond acceptors (Lipinski definition) is 5. The Morgan fingerprint density at radius 1 is 1.40 bits per heavy atom. The molecular formula is C16H21ClN2O5S. The van der Waals surface area contributed by atoms with Crippen molar-refractivity contribution in [2.45, 2.75) is 19.4 Å². The van der Waals surface area contributed by atoms with Crippen molar-refractivity contribution in [3.63, 3.8) is 0 Å². The number of nitrogens with one attached hydrogen (secondary N) is 1. The number of benzene rings is 1. The minimum absolute atomic E-state index is 0.0518. The van der Waals surface area contributed by atoms with Gasteiger partial charge in [0.15, 0.2) is 9.84 Å². The summed E-state index contributed by atoms with van der Waals surface area (Å²) < 4.78 is 28.1. The van der Waals surface area contributed by atoms with Crippen molar-refractivity contribution in [3.05, 3.63) is 28.8 Å². The van der Waals surface area contributed by atoms with Crippen molar-refractivity contribution < 1.29 is 22.7 Å². The van der Waals surface area contributed by atoms with E-state index < -0.39 is 15.9 Å². The molecule has 1 N–H and O–H groups in total. The highest BCUT2D eigenvalue weighted by atomic mass is 35.5. The summed E-state index contributed by atoms with van der Waals surface area (Å²) in [5.74, 6) is -0.381. The van der Waals surface area contributed by atoms with Crippen LogP contribution in [0.4, 0.5) is 0 Å². The number of halogens is 1. The average molecular weight is 389 g/mol. The monoisotopic (exact) mass is 388 g/mol. The maximum atomic E-state index is 12.7. The lowest BCUT2D eigenvalue weighted by Crippen LogP contribution is -2.44. The van der Waals surface area contributed by atoms with Crippen LogP contribution in [0.2, 0.25) is 5.02 Å². The Morgan fingerprint density at radius 3 is 2.68 bits per heavy atom. The fourth-order valence-electron chi connectivity index (χ4n) is 2.69. The van der Waals surface area contributed by atoms with Gasteiger partial charge < -0.3 is 15.0 Å². The van der Waals surface area contributed by atoms with Crippen LogP contribution in [0.25, 0.3) is 0 Å². The molecule has 0 unspecified atom stereocenters. The molecular weight excluding hydrogens is 368 g/mol. The summed E-state index contributed by atoms with van der Waals surface area (Å²) in [5.41, 5.74) is 0.310. The Hall–Kier alpha value is -1.80. The van der Waals surface area contributed by atoms with E-state index in [2.05, 4.69) is 5.32 Å². The second kappa shape index (κ2) is 8.05. The zero-order chi connectivity index (χ0) is 18.6. The second-order valence-electron chi connectivity index (χ2n) is 5.83. The Balaban J connectivity index is 2.04. The third-order valence-corrected chi connectivity index (χ3v) is 6.00. The number of carbonyl (C=O) groups is 2. The third-order valence-electron chi connectivity index (χ3n) is 3.99. The van der Waals surface area contributed by atoms with E-state index in [0.29, 0.717) is 29.3 Å². The van der Waals surface area contributed by atoms with Gasteiger partial charge in [-0.1, -0.05) is 11.6 Å². The summed E-state index contributed by atoms with van der Waals surface area (Å²) >= 11 is 5.90. The Kier molecular flexibility index (Phi) is 6.29. The molecule has 1 aromatic carbocycles. The number of ether oxygens (including phenoxy) is 1. The molecule has 0 spiro atoms. The van der Waals surface area contributed by atoms with Crippen molar-refractivity contribution in [2.75, 3.05) is 31.7 Å². The molecule has 0 aliphatic carbocycles. The van der Waals surface area contributed by atoms with E-state index in [4.69, 9.17) is 16.3 Å². The highest BCUT2D eigenvalue weighted by molar-refractivity contribution is 7.91. The summed E-state index contributed by atoms with van der Waals surface area (Å²) in [6.07, 6.45) is 0.402. The molecule has 1 fully saturated rings. The first kappa shape index (κ1) is 19.5. The predicted octanol–water partition coefficient (Wildman–Crippen LogP) is 1.11. The summed E-state index contributed by atoms with van der Waals surface area (Å²) in [6.45, 7) is 1.92. The van der Waals surface area contributed by atoms with Gasteiger partial charge in [0.05, 0.1) is 30.7 Å². The minimum atomic E-state index is -3.07. The van der Waals surface area contributed by atoms with Crippen LogP contribution in [-0.4, -0.2) is 62.9 Å². The normalized spacial score (nSPS) is 18.6. The van der Waals surface area contributed by atoms with Crippen molar-refractivity contribution in [3.8, 4) is 5.75 Å². The lowest BCUT2D eigenvalue weighted by molar-refractivity contribution is -0.122. The standard InChI is InChI=1S/C16H21ClN2O5S/c1-3-19(9-15(20)18-12-6-7-25(22,23)10-12)16(21)13-5-4-11(17)8-14(13)24-2/h4-5,8,12H,3,6-7,9-10H2,1-2H3,(H,18,20)/t12-/m0/s1. The summed E-state index contributed by atoms with van der Waals surface area (Å²) in [5, 5.41) is 3.12. The van der Waals surface area contributed by atoms with Crippen LogP contribution >= 0.6 is 11.6 Å². The van der Waals surface area contributed by atoms with Gasteiger partial charge in [0, 0.05) is 17.6 Å². The highest BCUT2D eigenvalue weighted by Crippen LogP contribution is 2.24. The number of likely N-dealkylation sites (N-methyl/N-ethyl adjacent to an activating group) is 1. The molecule has 1 aliphatic rings. The van der Waals surface area contributed by atoms with Crippen molar-refractivity contribution >= 4 is 33.3 Å². The zero-order valence-corrected chi connectivity index (χ0v) is 15.7. The molecule has 2 amide bonds. The SMILES string of the molecule is CCN(CC(=O)N[C@H]1CCS(=O)(=O)C1)C(=O)c1ccc(Cl)cc1OC. The van der Waals surface area contributed by atoms with Gasteiger partial charge in [0.2, 0.25) is 5.91 Å². The van der Waals surface area contributed by atoms with Crippen molar-refractivity contribution in [1.82, 2.24) is 10.2 Å². The Labute approximate surface area is 152 Å². The van der Waals surface area contributed by atoms with Gasteiger partial charge in [0.1, 0.15) is 5.75 Å². The third kappa shape index (κ3) is 5.09. The molecule has 1 atom stereocenters. The molecule has 0 bridgehead atoms. The lowest BCUT2D eigenvalue weighted by atomic mass is 10.1. The lowest BCUT2D eigenvalue weighted by Gasteiger charge is -2.22. The maximum absolute atomic E-state index is 12.7. The molecule has 0 saturated carbocycles. The molecule has 2 rings (SSSR count). The van der Waals surface area contributed by atoms with Crippen LogP contribution in [0.1, 0.15) is 23.7 Å². The van der Waals surface area contributed by atoms with Crippen molar-refractivity contribution in [2.24, 2.45) is 0 Å². The fourth-order valence-corrected chi connectivity index (χ4v) is 4.53. The molecule has 1 aromatic rings. The quantitative estimate of drug-likeness (QED) is 0.788. The number of methoxy groups -OCH3 is 1. The molecule has 1 saturated heterocycles. The van der Waals surface area contributed by atoms with E-state index in [1.54, 1.807) is 19.1 Å². The van der Waals surface area contributed by atoms with E-state index in [1.807, 2.05) is 0 Å². The zero-order valence-electron chi connectivity index (χ0n) is 14.1. The average Bonchev–Trinajstić information content (AvgIpc) is 2.90. The Morgan fingerprint density at radius 2 is 2.12 bits per heavy atom. The van der Waals surface area contributed by atoms with Gasteiger partial charge in [-0.3, -0.25) is 9.59 Å².